The predicted molar refractivity (Wildman–Crippen MR) is 204 cm³/mol. The van der Waals surface area contributed by atoms with Crippen molar-refractivity contribution in [2.24, 2.45) is 0 Å². The molecule has 51 heavy (non-hydrogen) atoms. The molecule has 0 bridgehead atoms. The van der Waals surface area contributed by atoms with Gasteiger partial charge in [-0.25, -0.2) is 0 Å². The molecule has 0 heterocycles. The van der Waals surface area contributed by atoms with Crippen LogP contribution < -0.4 is 0 Å². The second-order valence-corrected chi connectivity index (χ2v) is 13.9. The van der Waals surface area contributed by atoms with E-state index in [0.717, 1.165) is 33.0 Å². The Bertz CT molecular complexity index is 2720. The molecule has 238 valence electrons. The van der Waals surface area contributed by atoms with Gasteiger partial charge < -0.3 is 0 Å². The summed E-state index contributed by atoms with van der Waals surface area (Å²) in [6.45, 7) is 0. The highest BCUT2D eigenvalue weighted by molar-refractivity contribution is 6.07. The van der Waals surface area contributed by atoms with Crippen LogP contribution in [0.4, 0.5) is 5.69 Å². The Kier molecular flexibility index (Phi) is 5.54. The highest BCUT2D eigenvalue weighted by Gasteiger charge is 2.59. The van der Waals surface area contributed by atoms with Gasteiger partial charge in [-0.05, 0) is 89.2 Å². The van der Waals surface area contributed by atoms with Gasteiger partial charge in [0, 0.05) is 6.07 Å². The molecule has 0 saturated carbocycles. The summed E-state index contributed by atoms with van der Waals surface area (Å²) in [6, 6.07) is 62.5. The average molecular weight is 652 g/mol. The lowest BCUT2D eigenvalue weighted by atomic mass is 9.52. The molecule has 0 atom stereocenters. The van der Waals surface area contributed by atoms with Crippen LogP contribution in [0.5, 0.6) is 0 Å². The highest BCUT2D eigenvalue weighted by Crippen LogP contribution is 2.68. The van der Waals surface area contributed by atoms with Crippen LogP contribution in [-0.4, -0.2) is 4.92 Å². The molecule has 0 aromatic heterocycles. The van der Waals surface area contributed by atoms with Crippen molar-refractivity contribution in [2.75, 3.05) is 0 Å². The molecule has 0 radical (unpaired) electrons. The Morgan fingerprint density at radius 2 is 0.765 bits per heavy atom. The maximum Gasteiger partial charge on any atom is 0.277 e. The van der Waals surface area contributed by atoms with Crippen molar-refractivity contribution in [1.29, 1.82) is 0 Å². The molecule has 0 saturated heterocycles. The molecule has 2 spiro atoms. The van der Waals surface area contributed by atoms with E-state index in [1.165, 1.54) is 50.1 Å². The van der Waals surface area contributed by atoms with E-state index in [-0.39, 0.29) is 10.6 Å². The van der Waals surface area contributed by atoms with Crippen LogP contribution in [0.1, 0.15) is 44.5 Å². The Balaban J connectivity index is 1.32. The third kappa shape index (κ3) is 3.29. The number of rotatable bonds is 2. The van der Waals surface area contributed by atoms with Gasteiger partial charge >= 0.3 is 0 Å². The Hall–Kier alpha value is -6.58. The largest absolute Gasteiger partial charge is 0.277 e. The Morgan fingerprint density at radius 3 is 1.33 bits per heavy atom. The molecule has 0 amide bonds. The van der Waals surface area contributed by atoms with Gasteiger partial charge in [0.25, 0.3) is 5.69 Å². The van der Waals surface area contributed by atoms with Crippen LogP contribution in [0.2, 0.25) is 0 Å². The maximum absolute atomic E-state index is 12.8. The smallest absolute Gasteiger partial charge is 0.258 e. The zero-order valence-corrected chi connectivity index (χ0v) is 27.5. The van der Waals surface area contributed by atoms with E-state index in [9.17, 15) is 10.1 Å². The van der Waals surface area contributed by atoms with Gasteiger partial charge in [0.15, 0.2) is 0 Å². The van der Waals surface area contributed by atoms with Gasteiger partial charge in [-0.3, -0.25) is 10.1 Å². The Labute approximate surface area is 295 Å². The molecule has 0 aliphatic heterocycles. The first-order valence-corrected chi connectivity index (χ1v) is 17.5. The number of hydrogen-bond acceptors (Lipinski definition) is 2. The van der Waals surface area contributed by atoms with E-state index in [2.05, 4.69) is 140 Å². The van der Waals surface area contributed by atoms with Crippen LogP contribution >= 0.6 is 0 Å². The fourth-order valence-corrected chi connectivity index (χ4v) is 10.2. The summed E-state index contributed by atoms with van der Waals surface area (Å²) >= 11 is 0. The first kappa shape index (κ1) is 28.3. The summed E-state index contributed by atoms with van der Waals surface area (Å²) in [5, 5.41) is 14.6. The van der Waals surface area contributed by atoms with E-state index in [1.54, 1.807) is 6.07 Å². The molecule has 3 aliphatic rings. The summed E-state index contributed by atoms with van der Waals surface area (Å²) in [5.74, 6) is 0. The number of nitro groups is 1. The molecule has 8 aromatic rings. The van der Waals surface area contributed by atoms with Crippen LogP contribution in [0, 0.1) is 10.1 Å². The lowest BCUT2D eigenvalue weighted by Gasteiger charge is -2.48. The van der Waals surface area contributed by atoms with Crippen molar-refractivity contribution in [3.05, 3.63) is 231 Å². The van der Waals surface area contributed by atoms with Crippen molar-refractivity contribution in [1.82, 2.24) is 0 Å². The standard InChI is InChI=1S/C48H29NO2/c50-49(51)44-29-28-30-14-1-2-15-31(30)46(44)35-19-13-27-43-45(35)34-18-5-8-22-38(34)48(43)41-25-11-9-23-39(41)47(40-24-10-12-26-42(40)48)36-20-6-3-16-32(36)33-17-4-7-21-37(33)47/h1-29H. The van der Waals surface area contributed by atoms with Gasteiger partial charge in [-0.1, -0.05) is 164 Å². The van der Waals surface area contributed by atoms with E-state index in [0.29, 0.717) is 5.56 Å². The van der Waals surface area contributed by atoms with Crippen molar-refractivity contribution < 1.29 is 4.92 Å². The lowest BCUT2D eigenvalue weighted by molar-refractivity contribution is -0.384. The zero-order chi connectivity index (χ0) is 33.9. The molecule has 0 N–H and O–H groups in total. The summed E-state index contributed by atoms with van der Waals surface area (Å²) in [7, 11) is 0. The fourth-order valence-electron chi connectivity index (χ4n) is 10.2. The lowest BCUT2D eigenvalue weighted by Crippen LogP contribution is -2.43. The minimum Gasteiger partial charge on any atom is -0.258 e. The van der Waals surface area contributed by atoms with Crippen molar-refractivity contribution in [3.8, 4) is 33.4 Å². The van der Waals surface area contributed by atoms with Crippen LogP contribution in [0.25, 0.3) is 44.2 Å². The first-order chi connectivity index (χ1) is 25.2. The van der Waals surface area contributed by atoms with Gasteiger partial charge in [-0.2, -0.15) is 0 Å². The summed E-state index contributed by atoms with van der Waals surface area (Å²) < 4.78 is 0. The van der Waals surface area contributed by atoms with E-state index in [4.69, 9.17) is 0 Å². The second kappa shape index (κ2) is 9.99. The van der Waals surface area contributed by atoms with E-state index >= 15 is 0 Å². The molecule has 11 rings (SSSR count). The van der Waals surface area contributed by atoms with Gasteiger partial charge in [0.1, 0.15) is 0 Å². The van der Waals surface area contributed by atoms with Gasteiger partial charge in [0.2, 0.25) is 0 Å². The highest BCUT2D eigenvalue weighted by atomic mass is 16.6. The third-order valence-corrected chi connectivity index (χ3v) is 11.9. The quantitative estimate of drug-likeness (QED) is 0.138. The molecule has 3 heteroatoms. The minimum atomic E-state index is -0.661. The minimum absolute atomic E-state index is 0.114. The van der Waals surface area contributed by atoms with Crippen LogP contribution in [0.3, 0.4) is 0 Å². The third-order valence-electron chi connectivity index (χ3n) is 11.9. The number of nitrogens with zero attached hydrogens (tertiary/aromatic N) is 1. The summed E-state index contributed by atoms with van der Waals surface area (Å²) in [4.78, 5) is 12.5. The average Bonchev–Trinajstić information content (AvgIpc) is 3.65. The Morgan fingerprint density at radius 1 is 0.353 bits per heavy atom. The van der Waals surface area contributed by atoms with E-state index in [1.807, 2.05) is 30.3 Å². The first-order valence-electron chi connectivity index (χ1n) is 17.5. The van der Waals surface area contributed by atoms with Gasteiger partial charge in [0.05, 0.1) is 21.3 Å². The summed E-state index contributed by atoms with van der Waals surface area (Å²) in [5.41, 5.74) is 15.2. The zero-order valence-electron chi connectivity index (χ0n) is 27.5. The summed E-state index contributed by atoms with van der Waals surface area (Å²) in [6.07, 6.45) is 0. The molecule has 0 unspecified atom stereocenters. The number of fused-ring (bicyclic) bond motifs is 17. The molecule has 3 aliphatic carbocycles. The topological polar surface area (TPSA) is 43.1 Å². The normalized spacial score (nSPS) is 14.7. The van der Waals surface area contributed by atoms with Crippen molar-refractivity contribution >= 4 is 16.5 Å². The molecule has 3 nitrogen and oxygen atoms in total. The monoisotopic (exact) mass is 651 g/mol. The van der Waals surface area contributed by atoms with E-state index < -0.39 is 10.8 Å². The van der Waals surface area contributed by atoms with Crippen LogP contribution in [0.15, 0.2) is 176 Å². The number of benzene rings is 8. The van der Waals surface area contributed by atoms with Crippen molar-refractivity contribution in [3.63, 3.8) is 0 Å². The molecular weight excluding hydrogens is 623 g/mol. The maximum atomic E-state index is 12.8. The fraction of sp³-hybridized carbons (Fsp3) is 0.0417. The van der Waals surface area contributed by atoms with Crippen molar-refractivity contribution in [2.45, 2.75) is 10.8 Å². The van der Waals surface area contributed by atoms with Gasteiger partial charge in [-0.15, -0.1) is 0 Å². The second-order valence-electron chi connectivity index (χ2n) is 13.9. The number of nitro benzene ring substituents is 1. The molecule has 0 fully saturated rings. The number of hydrogen-bond donors (Lipinski definition) is 0. The van der Waals surface area contributed by atoms with Crippen LogP contribution in [-0.2, 0) is 10.8 Å². The predicted octanol–water partition coefficient (Wildman–Crippen LogP) is 11.5. The molecular formula is C48H29NO2. The molecule has 8 aromatic carbocycles. The SMILES string of the molecule is O=[N+]([O-])c1ccc2ccccc2c1-c1cccc2c1-c1ccccc1C21c2ccccc2C2(c3ccccc3-c3ccccc32)c2ccccc21.